The number of benzene rings is 1. The van der Waals surface area contributed by atoms with E-state index in [1.165, 1.54) is 6.07 Å². The van der Waals surface area contributed by atoms with Crippen LogP contribution in [0.5, 0.6) is 5.75 Å². The van der Waals surface area contributed by atoms with Crippen LogP contribution in [-0.2, 0) is 6.42 Å². The number of aromatic nitrogens is 3. The number of aliphatic imine (C=N–C) groups is 1. The molecule has 2 aromatic heterocycles. The fourth-order valence-electron chi connectivity index (χ4n) is 2.46. The molecule has 3 aromatic rings. The first-order valence-electron chi connectivity index (χ1n) is 9.21. The molecule has 154 valence electrons. The number of ether oxygens (including phenoxy) is 1. The summed E-state index contributed by atoms with van der Waals surface area (Å²) in [6.45, 7) is 3.71. The normalized spacial score (nSPS) is 11.5. The first kappa shape index (κ1) is 20.3. The van der Waals surface area contributed by atoms with Gasteiger partial charge in [-0.1, -0.05) is 0 Å². The predicted octanol–water partition coefficient (Wildman–Crippen LogP) is 2.52. The van der Waals surface area contributed by atoms with E-state index in [4.69, 9.17) is 9.15 Å². The van der Waals surface area contributed by atoms with E-state index in [-0.39, 0.29) is 12.4 Å². The van der Waals surface area contributed by atoms with Crippen molar-refractivity contribution in [2.45, 2.75) is 13.3 Å². The Kier molecular flexibility index (Phi) is 7.15. The zero-order valence-corrected chi connectivity index (χ0v) is 15.9. The largest absolute Gasteiger partial charge is 0.489 e. The summed E-state index contributed by atoms with van der Waals surface area (Å²) >= 11 is 0. The maximum Gasteiger partial charge on any atom is 0.216 e. The van der Waals surface area contributed by atoms with Gasteiger partial charge in [0.05, 0.1) is 12.8 Å². The van der Waals surface area contributed by atoms with Crippen molar-refractivity contribution in [1.82, 2.24) is 25.8 Å². The van der Waals surface area contributed by atoms with Crippen LogP contribution in [0.3, 0.4) is 0 Å². The SMILES string of the molecule is CCNC(=NCCc1nc(-c2ccco2)n[nH]1)NCCOc1ccc(F)cc1F. The molecule has 0 aliphatic rings. The third-order valence-corrected chi connectivity index (χ3v) is 3.78. The molecule has 0 radical (unpaired) electrons. The van der Waals surface area contributed by atoms with Crippen LogP contribution in [0.25, 0.3) is 11.6 Å². The Morgan fingerprint density at radius 3 is 2.93 bits per heavy atom. The number of hydrogen-bond acceptors (Lipinski definition) is 5. The highest BCUT2D eigenvalue weighted by Crippen LogP contribution is 2.17. The van der Waals surface area contributed by atoms with Crippen LogP contribution in [0.4, 0.5) is 8.78 Å². The zero-order valence-electron chi connectivity index (χ0n) is 15.9. The Morgan fingerprint density at radius 2 is 2.17 bits per heavy atom. The highest BCUT2D eigenvalue weighted by Gasteiger charge is 2.08. The minimum absolute atomic E-state index is 0.00724. The molecule has 10 heteroatoms. The maximum absolute atomic E-state index is 13.5. The number of halogens is 2. The second-order valence-corrected chi connectivity index (χ2v) is 5.94. The summed E-state index contributed by atoms with van der Waals surface area (Å²) in [5.41, 5.74) is 0. The number of H-pyrrole nitrogens is 1. The van der Waals surface area contributed by atoms with Crippen molar-refractivity contribution in [2.75, 3.05) is 26.2 Å². The molecule has 0 saturated carbocycles. The molecule has 0 amide bonds. The van der Waals surface area contributed by atoms with Crippen LogP contribution in [0.1, 0.15) is 12.7 Å². The molecule has 0 bridgehead atoms. The number of furan rings is 1. The second-order valence-electron chi connectivity index (χ2n) is 5.94. The molecule has 0 saturated heterocycles. The standard InChI is InChI=1S/C19H22F2N6O2/c1-2-22-19(24-9-11-29-15-6-5-13(20)12-14(15)21)23-8-7-17-25-18(27-26-17)16-4-3-10-28-16/h3-6,10,12H,2,7-9,11H2,1H3,(H2,22,23,24)(H,25,26,27). The summed E-state index contributed by atoms with van der Waals surface area (Å²) in [5.74, 6) is 1.04. The lowest BCUT2D eigenvalue weighted by molar-refractivity contribution is 0.304. The van der Waals surface area contributed by atoms with Crippen molar-refractivity contribution < 1.29 is 17.9 Å². The van der Waals surface area contributed by atoms with Crippen LogP contribution in [0.15, 0.2) is 46.0 Å². The first-order chi connectivity index (χ1) is 14.2. The molecular weight excluding hydrogens is 382 g/mol. The van der Waals surface area contributed by atoms with E-state index in [0.717, 1.165) is 12.1 Å². The maximum atomic E-state index is 13.5. The van der Waals surface area contributed by atoms with Crippen molar-refractivity contribution in [2.24, 2.45) is 4.99 Å². The van der Waals surface area contributed by atoms with Gasteiger partial charge in [-0.15, -0.1) is 0 Å². The predicted molar refractivity (Wildman–Crippen MR) is 104 cm³/mol. The van der Waals surface area contributed by atoms with Gasteiger partial charge in [-0.25, -0.2) is 13.8 Å². The van der Waals surface area contributed by atoms with E-state index in [2.05, 4.69) is 30.8 Å². The Hall–Kier alpha value is -3.43. The number of nitrogens with one attached hydrogen (secondary N) is 3. The van der Waals surface area contributed by atoms with Gasteiger partial charge in [0.2, 0.25) is 5.82 Å². The van der Waals surface area contributed by atoms with E-state index >= 15 is 0 Å². The van der Waals surface area contributed by atoms with Crippen LogP contribution in [-0.4, -0.2) is 47.4 Å². The molecule has 0 aliphatic carbocycles. The molecule has 3 rings (SSSR count). The van der Waals surface area contributed by atoms with Gasteiger partial charge in [0.1, 0.15) is 18.2 Å². The van der Waals surface area contributed by atoms with Gasteiger partial charge in [-0.3, -0.25) is 10.1 Å². The van der Waals surface area contributed by atoms with E-state index in [1.807, 2.05) is 6.92 Å². The molecule has 0 fully saturated rings. The molecule has 0 spiro atoms. The van der Waals surface area contributed by atoms with E-state index < -0.39 is 11.6 Å². The molecule has 2 heterocycles. The van der Waals surface area contributed by atoms with Gasteiger partial charge >= 0.3 is 0 Å². The summed E-state index contributed by atoms with van der Waals surface area (Å²) < 4.78 is 37.0. The number of rotatable bonds is 9. The van der Waals surface area contributed by atoms with Crippen molar-refractivity contribution >= 4 is 5.96 Å². The van der Waals surface area contributed by atoms with E-state index in [1.54, 1.807) is 18.4 Å². The lowest BCUT2D eigenvalue weighted by atomic mass is 10.3. The molecular formula is C19H22F2N6O2. The number of aromatic amines is 1. The topological polar surface area (TPSA) is 100 Å². The minimum atomic E-state index is -0.730. The van der Waals surface area contributed by atoms with Gasteiger partial charge in [-0.2, -0.15) is 5.10 Å². The summed E-state index contributed by atoms with van der Waals surface area (Å²) in [7, 11) is 0. The monoisotopic (exact) mass is 404 g/mol. The van der Waals surface area contributed by atoms with Crippen LogP contribution in [0.2, 0.25) is 0 Å². The van der Waals surface area contributed by atoms with E-state index in [9.17, 15) is 8.78 Å². The lowest BCUT2D eigenvalue weighted by Crippen LogP contribution is -2.39. The van der Waals surface area contributed by atoms with Gasteiger partial charge in [0.25, 0.3) is 0 Å². The summed E-state index contributed by atoms with van der Waals surface area (Å²) in [6, 6.07) is 6.77. The first-order valence-corrected chi connectivity index (χ1v) is 9.21. The summed E-state index contributed by atoms with van der Waals surface area (Å²) in [5, 5.41) is 13.2. The van der Waals surface area contributed by atoms with Gasteiger partial charge in [0, 0.05) is 25.6 Å². The van der Waals surface area contributed by atoms with Crippen molar-refractivity contribution in [1.29, 1.82) is 0 Å². The Balaban J connectivity index is 1.44. The third-order valence-electron chi connectivity index (χ3n) is 3.78. The summed E-state index contributed by atoms with van der Waals surface area (Å²) in [4.78, 5) is 8.82. The summed E-state index contributed by atoms with van der Waals surface area (Å²) in [6.07, 6.45) is 2.14. The average molecular weight is 404 g/mol. The fraction of sp³-hybridized carbons (Fsp3) is 0.316. The average Bonchev–Trinajstić information content (AvgIpc) is 3.38. The molecule has 3 N–H and O–H groups in total. The van der Waals surface area contributed by atoms with Crippen molar-refractivity contribution in [3.63, 3.8) is 0 Å². The molecule has 0 unspecified atom stereocenters. The van der Waals surface area contributed by atoms with Crippen LogP contribution < -0.4 is 15.4 Å². The van der Waals surface area contributed by atoms with Crippen LogP contribution in [0, 0.1) is 11.6 Å². The van der Waals surface area contributed by atoms with Crippen molar-refractivity contribution in [3.05, 3.63) is 54.1 Å². The second kappa shape index (κ2) is 10.2. The van der Waals surface area contributed by atoms with Crippen molar-refractivity contribution in [3.8, 4) is 17.3 Å². The van der Waals surface area contributed by atoms with Crippen LogP contribution >= 0.6 is 0 Å². The molecule has 0 atom stereocenters. The molecule has 8 nitrogen and oxygen atoms in total. The highest BCUT2D eigenvalue weighted by atomic mass is 19.1. The smallest absolute Gasteiger partial charge is 0.216 e. The molecule has 0 aliphatic heterocycles. The number of nitrogens with zero attached hydrogens (tertiary/aromatic N) is 3. The fourth-order valence-corrected chi connectivity index (χ4v) is 2.46. The quantitative estimate of drug-likeness (QED) is 0.288. The molecule has 29 heavy (non-hydrogen) atoms. The Morgan fingerprint density at radius 1 is 1.28 bits per heavy atom. The Labute approximate surface area is 166 Å². The van der Waals surface area contributed by atoms with Gasteiger partial charge in [0.15, 0.2) is 23.3 Å². The minimum Gasteiger partial charge on any atom is -0.489 e. The third kappa shape index (κ3) is 6.03. The van der Waals surface area contributed by atoms with E-state index in [0.29, 0.717) is 49.4 Å². The van der Waals surface area contributed by atoms with Gasteiger partial charge < -0.3 is 19.8 Å². The highest BCUT2D eigenvalue weighted by molar-refractivity contribution is 5.79. The molecule has 1 aromatic carbocycles. The number of hydrogen-bond donors (Lipinski definition) is 3. The Bertz CT molecular complexity index is 927. The number of guanidine groups is 1. The lowest BCUT2D eigenvalue weighted by Gasteiger charge is -2.12. The zero-order chi connectivity index (χ0) is 20.5. The van der Waals surface area contributed by atoms with Gasteiger partial charge in [-0.05, 0) is 31.2 Å².